The van der Waals surface area contributed by atoms with Crippen LogP contribution in [0, 0.1) is 22.7 Å². The summed E-state index contributed by atoms with van der Waals surface area (Å²) in [4.78, 5) is 50.2. The van der Waals surface area contributed by atoms with E-state index in [-0.39, 0.29) is 44.1 Å². The molecular weight excluding hydrogens is 486 g/mol. The molecule has 0 radical (unpaired) electrons. The molecule has 0 saturated heterocycles. The van der Waals surface area contributed by atoms with E-state index in [9.17, 15) is 24.3 Å². The highest BCUT2D eigenvalue weighted by molar-refractivity contribution is 6.01. The van der Waals surface area contributed by atoms with E-state index in [0.29, 0.717) is 6.42 Å². The summed E-state index contributed by atoms with van der Waals surface area (Å²) in [6, 6.07) is 0. The van der Waals surface area contributed by atoms with E-state index >= 15 is 8.78 Å². The summed E-state index contributed by atoms with van der Waals surface area (Å²) in [5.41, 5.74) is -6.81. The minimum absolute atomic E-state index is 0.0163. The van der Waals surface area contributed by atoms with Crippen molar-refractivity contribution in [2.45, 2.75) is 96.2 Å². The second kappa shape index (κ2) is 9.40. The number of carbonyl (C=O) groups excluding carboxylic acids is 4. The Labute approximate surface area is 215 Å². The van der Waals surface area contributed by atoms with Gasteiger partial charge in [-0.2, -0.15) is 0 Å². The van der Waals surface area contributed by atoms with Crippen LogP contribution in [-0.2, 0) is 28.7 Å². The van der Waals surface area contributed by atoms with Crippen LogP contribution < -0.4 is 0 Å². The number of aliphatic hydroxyl groups excluding tert-OH is 1. The van der Waals surface area contributed by atoms with Crippen LogP contribution in [0.2, 0.25) is 0 Å². The molecule has 0 aromatic rings. The van der Waals surface area contributed by atoms with E-state index in [1.54, 1.807) is 20.8 Å². The topological polar surface area (TPSA) is 107 Å². The maximum absolute atomic E-state index is 17.3. The quantitative estimate of drug-likeness (QED) is 0.505. The number of Topliss-reactive ketones (excluding diaryl/α,β-unsaturated/α-hetero) is 1. The van der Waals surface area contributed by atoms with Gasteiger partial charge in [-0.15, -0.1) is 0 Å². The Morgan fingerprint density at radius 2 is 1.86 bits per heavy atom. The van der Waals surface area contributed by atoms with Gasteiger partial charge in [0.15, 0.2) is 23.7 Å². The smallest absolute Gasteiger partial charge is 0.306 e. The van der Waals surface area contributed by atoms with Crippen LogP contribution in [0.1, 0.15) is 72.6 Å². The van der Waals surface area contributed by atoms with Gasteiger partial charge in [0.1, 0.15) is 6.17 Å². The van der Waals surface area contributed by atoms with Crippen molar-refractivity contribution in [3.8, 4) is 0 Å². The predicted octanol–water partition coefficient (Wildman–Crippen LogP) is 3.91. The first-order valence-corrected chi connectivity index (χ1v) is 13.2. The van der Waals surface area contributed by atoms with Gasteiger partial charge in [-0.05, 0) is 62.7 Å². The van der Waals surface area contributed by atoms with Crippen LogP contribution in [0.15, 0.2) is 23.8 Å². The fourth-order valence-corrected chi connectivity index (χ4v) is 7.69. The predicted molar refractivity (Wildman–Crippen MR) is 129 cm³/mol. The zero-order valence-corrected chi connectivity index (χ0v) is 21.9. The van der Waals surface area contributed by atoms with Gasteiger partial charge in [-0.25, -0.2) is 8.78 Å². The molecule has 7 nitrogen and oxygen atoms in total. The van der Waals surface area contributed by atoms with E-state index in [4.69, 9.17) is 9.47 Å². The second-order valence-electron chi connectivity index (χ2n) is 11.4. The van der Waals surface area contributed by atoms with Crippen LogP contribution in [-0.4, -0.2) is 58.8 Å². The lowest BCUT2D eigenvalue weighted by molar-refractivity contribution is -0.229. The number of halogens is 2. The molecule has 1 N–H and O–H groups in total. The second-order valence-corrected chi connectivity index (χ2v) is 11.4. The van der Waals surface area contributed by atoms with Crippen molar-refractivity contribution in [1.82, 2.24) is 0 Å². The van der Waals surface area contributed by atoms with Gasteiger partial charge in [0.2, 0.25) is 5.78 Å². The first kappa shape index (κ1) is 27.6. The van der Waals surface area contributed by atoms with Crippen molar-refractivity contribution < 1.29 is 42.5 Å². The molecule has 8 atom stereocenters. The molecule has 0 aromatic heterocycles. The maximum atomic E-state index is 17.3. The lowest BCUT2D eigenvalue weighted by atomic mass is 9.44. The number of esters is 2. The molecule has 3 saturated carbocycles. The Hall–Kier alpha value is -2.42. The Morgan fingerprint density at radius 1 is 1.16 bits per heavy atom. The van der Waals surface area contributed by atoms with Crippen LogP contribution >= 0.6 is 0 Å². The Balaban J connectivity index is 1.78. The number of hydrogen-bond acceptors (Lipinski definition) is 7. The number of allylic oxidation sites excluding steroid dienone is 4. The third kappa shape index (κ3) is 3.82. The molecule has 0 aliphatic heterocycles. The van der Waals surface area contributed by atoms with Crippen LogP contribution in [0.4, 0.5) is 8.78 Å². The lowest BCUT2D eigenvalue weighted by Crippen LogP contribution is -2.70. The maximum Gasteiger partial charge on any atom is 0.306 e. The van der Waals surface area contributed by atoms with Gasteiger partial charge >= 0.3 is 11.9 Å². The van der Waals surface area contributed by atoms with E-state index in [0.717, 1.165) is 6.08 Å². The number of ketones is 2. The number of hydrogen-bond donors (Lipinski definition) is 1. The molecule has 4 aliphatic rings. The molecule has 4 aliphatic carbocycles. The van der Waals surface area contributed by atoms with Gasteiger partial charge in [0.25, 0.3) is 0 Å². The summed E-state index contributed by atoms with van der Waals surface area (Å²) in [6.07, 6.45) is 0.859. The first-order chi connectivity index (χ1) is 17.3. The average molecular weight is 523 g/mol. The van der Waals surface area contributed by atoms with E-state index < -0.39 is 76.3 Å². The van der Waals surface area contributed by atoms with Crippen molar-refractivity contribution in [2.24, 2.45) is 22.7 Å². The number of alkyl halides is 2. The number of rotatable bonds is 7. The van der Waals surface area contributed by atoms with Gasteiger partial charge < -0.3 is 14.6 Å². The highest BCUT2D eigenvalue weighted by atomic mass is 19.1. The first-order valence-electron chi connectivity index (χ1n) is 13.2. The average Bonchev–Trinajstić information content (AvgIpc) is 3.13. The zero-order chi connectivity index (χ0) is 27.4. The molecule has 0 amide bonds. The molecule has 37 heavy (non-hydrogen) atoms. The lowest BCUT2D eigenvalue weighted by Gasteiger charge is -2.63. The third-order valence-electron chi connectivity index (χ3n) is 9.59. The summed E-state index contributed by atoms with van der Waals surface area (Å²) < 4.78 is 43.9. The molecule has 0 spiro atoms. The summed E-state index contributed by atoms with van der Waals surface area (Å²) in [6.45, 7) is 5.95. The Morgan fingerprint density at radius 3 is 2.51 bits per heavy atom. The number of ether oxygens (including phenoxy) is 2. The van der Waals surface area contributed by atoms with E-state index in [2.05, 4.69) is 0 Å². The minimum Gasteiger partial charge on any atom is -0.457 e. The molecule has 4 rings (SSSR count). The Bertz CT molecular complexity index is 1070. The molecule has 0 bridgehead atoms. The van der Waals surface area contributed by atoms with E-state index in [1.165, 1.54) is 19.1 Å². The number of aliphatic hydroxyl groups is 1. The molecule has 3 fully saturated rings. The van der Waals surface area contributed by atoms with Crippen molar-refractivity contribution in [3.63, 3.8) is 0 Å². The SMILES string of the molecule is CCCC(=O)O[C@]1(C(=O)COC(=O)CC)CCC2C3C[C@H](F)C4=CC(=O)C=CC4(C)[C@@]3(F)C(O)CC21C. The van der Waals surface area contributed by atoms with Crippen molar-refractivity contribution in [3.05, 3.63) is 23.8 Å². The number of carbonyl (C=O) groups is 4. The van der Waals surface area contributed by atoms with Crippen molar-refractivity contribution in [2.75, 3.05) is 6.61 Å². The standard InChI is InChI=1S/C28H36F2O7/c1-5-7-24(35)37-27(22(33)15-36-23(34)6-2)11-9-17-18-13-20(29)19-12-16(31)8-10-25(19,3)28(18,30)21(32)14-26(17,27)4/h8,10,12,17-18,20-21,32H,5-7,9,11,13-15H2,1-4H3/t17?,18?,20-,21?,25?,26?,27-,28-/m0/s1. The zero-order valence-electron chi connectivity index (χ0n) is 21.9. The summed E-state index contributed by atoms with van der Waals surface area (Å²) in [7, 11) is 0. The summed E-state index contributed by atoms with van der Waals surface area (Å²) in [5, 5.41) is 11.5. The molecule has 0 aromatic carbocycles. The monoisotopic (exact) mass is 522 g/mol. The van der Waals surface area contributed by atoms with E-state index in [1.807, 2.05) is 0 Å². The molecule has 9 heteroatoms. The fraction of sp³-hybridized carbons (Fsp3) is 0.714. The molecule has 5 unspecified atom stereocenters. The fourth-order valence-electron chi connectivity index (χ4n) is 7.69. The van der Waals surface area contributed by atoms with Crippen LogP contribution in [0.5, 0.6) is 0 Å². The third-order valence-corrected chi connectivity index (χ3v) is 9.59. The number of fused-ring (bicyclic) bond motifs is 5. The summed E-state index contributed by atoms with van der Waals surface area (Å²) in [5.74, 6) is -3.86. The van der Waals surface area contributed by atoms with Crippen LogP contribution in [0.3, 0.4) is 0 Å². The van der Waals surface area contributed by atoms with Gasteiger partial charge in [0.05, 0.1) is 6.10 Å². The van der Waals surface area contributed by atoms with Crippen molar-refractivity contribution >= 4 is 23.5 Å². The largest absolute Gasteiger partial charge is 0.457 e. The van der Waals surface area contributed by atoms with Gasteiger partial charge in [-0.3, -0.25) is 19.2 Å². The van der Waals surface area contributed by atoms with Crippen molar-refractivity contribution in [1.29, 1.82) is 0 Å². The van der Waals surface area contributed by atoms with Gasteiger partial charge in [-0.1, -0.05) is 26.8 Å². The van der Waals surface area contributed by atoms with Crippen LogP contribution in [0.25, 0.3) is 0 Å². The highest BCUT2D eigenvalue weighted by Crippen LogP contribution is 2.70. The minimum atomic E-state index is -2.30. The van der Waals surface area contributed by atoms with Gasteiger partial charge in [0, 0.05) is 29.6 Å². The highest BCUT2D eigenvalue weighted by Gasteiger charge is 2.76. The molecular formula is C28H36F2O7. The molecule has 204 valence electrons. The molecule has 0 heterocycles. The Kier molecular flexibility index (Phi) is 7.01. The normalized spacial score (nSPS) is 42.2. The summed E-state index contributed by atoms with van der Waals surface area (Å²) >= 11 is 0.